The highest BCUT2D eigenvalue weighted by Crippen LogP contribution is 2.40. The molecule has 0 spiro atoms. The fourth-order valence-electron chi connectivity index (χ4n) is 6.65. The van der Waals surface area contributed by atoms with Crippen molar-refractivity contribution in [3.63, 3.8) is 0 Å². The number of fused-ring (bicyclic) bond motifs is 3. The van der Waals surface area contributed by atoms with Gasteiger partial charge in [-0.3, -0.25) is 9.59 Å². The van der Waals surface area contributed by atoms with Crippen LogP contribution in [0.5, 0.6) is 0 Å². The van der Waals surface area contributed by atoms with E-state index in [0.717, 1.165) is 22.3 Å². The number of hydrogen-bond donors (Lipinski definition) is 1. The van der Waals surface area contributed by atoms with Crippen molar-refractivity contribution in [1.82, 2.24) is 9.80 Å². The SMILES string of the molecule is O=C(O)[C@@H]1[C@H]2CC[C@H](CN2C(=O)C(c2ccccc2)c2ccccc2)N1C(=O)C(c1ccccc1)c1ccccc1. The van der Waals surface area contributed by atoms with E-state index in [2.05, 4.69) is 0 Å². The molecule has 6 nitrogen and oxygen atoms in total. The van der Waals surface area contributed by atoms with E-state index in [9.17, 15) is 19.5 Å². The molecule has 0 saturated carbocycles. The van der Waals surface area contributed by atoms with Crippen molar-refractivity contribution in [2.45, 2.75) is 42.8 Å². The summed E-state index contributed by atoms with van der Waals surface area (Å²) in [4.78, 5) is 45.0. The van der Waals surface area contributed by atoms with Gasteiger partial charge in [0.25, 0.3) is 0 Å². The number of benzene rings is 4. The van der Waals surface area contributed by atoms with Gasteiger partial charge in [0.15, 0.2) is 0 Å². The quantitative estimate of drug-likeness (QED) is 0.342. The van der Waals surface area contributed by atoms with Gasteiger partial charge in [0, 0.05) is 6.54 Å². The number of aliphatic carboxylic acids is 1. The van der Waals surface area contributed by atoms with Crippen molar-refractivity contribution < 1.29 is 19.5 Å². The van der Waals surface area contributed by atoms with E-state index in [-0.39, 0.29) is 17.9 Å². The molecule has 3 aliphatic rings. The van der Waals surface area contributed by atoms with Gasteiger partial charge in [0.05, 0.1) is 23.9 Å². The zero-order valence-corrected chi connectivity index (χ0v) is 22.6. The van der Waals surface area contributed by atoms with Crippen LogP contribution in [-0.4, -0.2) is 57.4 Å². The van der Waals surface area contributed by atoms with Gasteiger partial charge in [-0.1, -0.05) is 121 Å². The monoisotopic (exact) mass is 544 g/mol. The Morgan fingerprint density at radius 1 is 0.585 bits per heavy atom. The van der Waals surface area contributed by atoms with Crippen LogP contribution in [-0.2, 0) is 14.4 Å². The van der Waals surface area contributed by atoms with E-state index < -0.39 is 29.9 Å². The highest BCUT2D eigenvalue weighted by Gasteiger charge is 2.54. The maximum atomic E-state index is 14.4. The predicted molar refractivity (Wildman–Crippen MR) is 156 cm³/mol. The van der Waals surface area contributed by atoms with Crippen LogP contribution in [0.4, 0.5) is 0 Å². The minimum Gasteiger partial charge on any atom is -0.480 e. The lowest BCUT2D eigenvalue weighted by Gasteiger charge is -2.55. The first kappa shape index (κ1) is 26.5. The lowest BCUT2D eigenvalue weighted by molar-refractivity contribution is -0.172. The van der Waals surface area contributed by atoms with Gasteiger partial charge < -0.3 is 14.9 Å². The minimum absolute atomic E-state index is 0.127. The Labute approximate surface area is 239 Å². The van der Waals surface area contributed by atoms with E-state index in [1.54, 1.807) is 9.80 Å². The summed E-state index contributed by atoms with van der Waals surface area (Å²) in [6, 6.07) is 36.1. The van der Waals surface area contributed by atoms with E-state index >= 15 is 0 Å². The van der Waals surface area contributed by atoms with Crippen LogP contribution in [0, 0.1) is 0 Å². The molecule has 3 fully saturated rings. The summed E-state index contributed by atoms with van der Waals surface area (Å²) in [5, 5.41) is 10.5. The molecule has 7 rings (SSSR count). The minimum atomic E-state index is -1.12. The number of nitrogens with zero attached hydrogens (tertiary/aromatic N) is 2. The number of carboxylic acids is 1. The van der Waals surface area contributed by atoms with Crippen LogP contribution < -0.4 is 0 Å². The first-order chi connectivity index (χ1) is 20.0. The first-order valence-electron chi connectivity index (χ1n) is 14.1. The number of piperazine rings is 1. The molecule has 41 heavy (non-hydrogen) atoms. The lowest BCUT2D eigenvalue weighted by Crippen LogP contribution is -2.72. The third kappa shape index (κ3) is 5.02. The fourth-order valence-corrected chi connectivity index (χ4v) is 6.65. The van der Waals surface area contributed by atoms with Gasteiger partial charge in [-0.15, -0.1) is 0 Å². The second-order valence-corrected chi connectivity index (χ2v) is 10.8. The topological polar surface area (TPSA) is 77.9 Å². The Hall–Kier alpha value is -4.71. The molecule has 6 heteroatoms. The molecule has 3 heterocycles. The van der Waals surface area contributed by atoms with Crippen molar-refractivity contribution in [3.05, 3.63) is 144 Å². The number of piperidine rings is 2. The molecule has 1 N–H and O–H groups in total. The molecule has 0 unspecified atom stereocenters. The van der Waals surface area contributed by atoms with Crippen molar-refractivity contribution in [2.75, 3.05) is 6.54 Å². The van der Waals surface area contributed by atoms with Crippen LogP contribution in [0.15, 0.2) is 121 Å². The van der Waals surface area contributed by atoms with Gasteiger partial charge >= 0.3 is 5.97 Å². The molecule has 0 radical (unpaired) electrons. The Morgan fingerprint density at radius 2 is 0.976 bits per heavy atom. The van der Waals surface area contributed by atoms with Gasteiger partial charge in [-0.25, -0.2) is 4.79 Å². The number of carbonyl (C=O) groups excluding carboxylic acids is 2. The third-order valence-corrected chi connectivity index (χ3v) is 8.48. The molecule has 0 aromatic heterocycles. The highest BCUT2D eigenvalue weighted by atomic mass is 16.4. The Balaban J connectivity index is 1.36. The zero-order chi connectivity index (χ0) is 28.3. The van der Waals surface area contributed by atoms with Crippen LogP contribution >= 0.6 is 0 Å². The summed E-state index contributed by atoms with van der Waals surface area (Å²) in [5.74, 6) is -2.64. The van der Waals surface area contributed by atoms with Crippen LogP contribution in [0.25, 0.3) is 0 Å². The predicted octanol–water partition coefficient (Wildman–Crippen LogP) is 5.31. The largest absolute Gasteiger partial charge is 0.480 e. The first-order valence-corrected chi connectivity index (χ1v) is 14.1. The summed E-state index contributed by atoms with van der Waals surface area (Å²) < 4.78 is 0. The molecule has 3 saturated heterocycles. The molecule has 2 amide bonds. The van der Waals surface area contributed by atoms with Crippen molar-refractivity contribution >= 4 is 17.8 Å². The maximum absolute atomic E-state index is 14.4. The van der Waals surface area contributed by atoms with Crippen molar-refractivity contribution in [3.8, 4) is 0 Å². The van der Waals surface area contributed by atoms with E-state index in [1.807, 2.05) is 121 Å². The average Bonchev–Trinajstić information content (AvgIpc) is 3.03. The standard InChI is InChI=1S/C35H32N2O4/c38-33(30(24-13-5-1-6-14-24)25-15-7-2-8-16-25)36-23-28-21-22-29(36)32(35(40)41)37(28)34(39)31(26-17-9-3-10-18-26)27-19-11-4-12-20-27/h1-20,28-32H,21-23H2,(H,40,41)/t28-,29-,32+/m1/s1. The summed E-state index contributed by atoms with van der Waals surface area (Å²) in [7, 11) is 0. The Morgan fingerprint density at radius 3 is 1.37 bits per heavy atom. The van der Waals surface area contributed by atoms with Gasteiger partial charge in [-0.2, -0.15) is 0 Å². The van der Waals surface area contributed by atoms with Gasteiger partial charge in [0.1, 0.15) is 6.04 Å². The number of hydrogen-bond acceptors (Lipinski definition) is 3. The highest BCUT2D eigenvalue weighted by molar-refractivity contribution is 5.94. The van der Waals surface area contributed by atoms with Crippen LogP contribution in [0.1, 0.15) is 46.9 Å². The smallest absolute Gasteiger partial charge is 0.328 e. The Bertz CT molecular complexity index is 1430. The summed E-state index contributed by atoms with van der Waals surface area (Å²) in [5.41, 5.74) is 3.35. The molecule has 4 aromatic carbocycles. The van der Waals surface area contributed by atoms with E-state index in [4.69, 9.17) is 0 Å². The molecule has 0 aliphatic carbocycles. The van der Waals surface area contributed by atoms with Crippen LogP contribution in [0.3, 0.4) is 0 Å². The fraction of sp³-hybridized carbons (Fsp3) is 0.229. The maximum Gasteiger partial charge on any atom is 0.328 e. The molecular formula is C35H32N2O4. The number of carboxylic acid groups (broad SMARTS) is 1. The van der Waals surface area contributed by atoms with Gasteiger partial charge in [0.2, 0.25) is 11.8 Å². The Kier molecular flexibility index (Phi) is 7.38. The van der Waals surface area contributed by atoms with E-state index in [0.29, 0.717) is 19.4 Å². The summed E-state index contributed by atoms with van der Waals surface area (Å²) in [6.07, 6.45) is 1.19. The normalized spacial score (nSPS) is 19.9. The zero-order valence-electron chi connectivity index (χ0n) is 22.6. The second-order valence-electron chi connectivity index (χ2n) is 10.8. The van der Waals surface area contributed by atoms with Crippen LogP contribution in [0.2, 0.25) is 0 Å². The molecule has 3 atom stereocenters. The van der Waals surface area contributed by atoms with E-state index in [1.165, 1.54) is 0 Å². The molecule has 2 bridgehead atoms. The molecular weight excluding hydrogens is 512 g/mol. The van der Waals surface area contributed by atoms with Crippen molar-refractivity contribution in [1.29, 1.82) is 0 Å². The summed E-state index contributed by atoms with van der Waals surface area (Å²) in [6.45, 7) is 0.311. The average molecular weight is 545 g/mol. The third-order valence-electron chi connectivity index (χ3n) is 8.48. The second kappa shape index (κ2) is 11.4. The number of rotatable bonds is 7. The molecule has 4 aromatic rings. The molecule has 206 valence electrons. The number of carbonyl (C=O) groups is 3. The van der Waals surface area contributed by atoms with Gasteiger partial charge in [-0.05, 0) is 35.1 Å². The summed E-state index contributed by atoms with van der Waals surface area (Å²) >= 11 is 0. The molecule has 3 aliphatic heterocycles. The number of amides is 2. The lowest BCUT2D eigenvalue weighted by atomic mass is 9.80. The van der Waals surface area contributed by atoms with Crippen molar-refractivity contribution in [2.24, 2.45) is 0 Å².